The normalized spacial score (nSPS) is 12.9. The minimum absolute atomic E-state index is 0.157. The van der Waals surface area contributed by atoms with Crippen molar-refractivity contribution < 1.29 is 14.3 Å². The summed E-state index contributed by atoms with van der Waals surface area (Å²) in [7, 11) is 3.85. The first-order chi connectivity index (χ1) is 8.01. The zero-order chi connectivity index (χ0) is 12.9. The number of hydrogen-bond acceptors (Lipinski definition) is 2. The van der Waals surface area contributed by atoms with E-state index >= 15 is 0 Å². The molecular weight excluding hydrogens is 214 g/mol. The lowest BCUT2D eigenvalue weighted by Gasteiger charge is -2.34. The molecule has 0 saturated heterocycles. The number of hydroxylamine groups is 3. The molecule has 1 atom stereocenters. The van der Waals surface area contributed by atoms with E-state index < -0.39 is 0 Å². The number of hydrogen-bond donors (Lipinski definition) is 0. The van der Waals surface area contributed by atoms with Crippen LogP contribution in [0.5, 0.6) is 0 Å². The molecule has 3 nitrogen and oxygen atoms in total. The Hall–Kier alpha value is -1.61. The summed E-state index contributed by atoms with van der Waals surface area (Å²) >= 11 is 0. The highest BCUT2D eigenvalue weighted by Gasteiger charge is 2.31. The van der Waals surface area contributed by atoms with Gasteiger partial charge >= 0.3 is 0 Å². The largest absolute Gasteiger partial charge is 0.312 e. The van der Waals surface area contributed by atoms with Crippen LogP contribution in [0.4, 0.5) is 0 Å². The topological polar surface area (TPSA) is 26.3 Å². The lowest BCUT2D eigenvalue weighted by Crippen LogP contribution is -2.42. The van der Waals surface area contributed by atoms with E-state index in [1.165, 1.54) is 5.56 Å². The molecule has 0 N–H and O–H groups in total. The summed E-state index contributed by atoms with van der Waals surface area (Å²) in [4.78, 5) is 16.2. The molecule has 0 aliphatic carbocycles. The molecule has 0 aliphatic heterocycles. The van der Waals surface area contributed by atoms with E-state index in [1.54, 1.807) is 0 Å². The summed E-state index contributed by atoms with van der Waals surface area (Å²) < 4.78 is 0.262. The van der Waals surface area contributed by atoms with E-state index in [-0.39, 0.29) is 16.4 Å². The standard InChI is InChI=1S/C14H20NO2/c1-5-14(13-9-7-6-8-10-13)15(3,4)17-12(2)11-16/h6-11,14H,2,5H2,1,3-4H3/q+1. The van der Waals surface area contributed by atoms with Crippen molar-refractivity contribution in [3.63, 3.8) is 0 Å². The molecule has 1 aromatic carbocycles. The average Bonchev–Trinajstić information content (AvgIpc) is 2.30. The number of rotatable bonds is 6. The molecule has 1 aromatic rings. The first kappa shape index (κ1) is 13.5. The second-order valence-electron chi connectivity index (χ2n) is 4.44. The number of nitrogens with zero attached hydrogens (tertiary/aromatic N) is 1. The Bertz CT molecular complexity index is 384. The lowest BCUT2D eigenvalue weighted by molar-refractivity contribution is -1.09. The van der Waals surface area contributed by atoms with Gasteiger partial charge in [0.2, 0.25) is 5.76 Å². The van der Waals surface area contributed by atoms with Crippen molar-refractivity contribution in [1.29, 1.82) is 0 Å². The maximum Gasteiger partial charge on any atom is 0.222 e. The molecule has 17 heavy (non-hydrogen) atoms. The minimum atomic E-state index is 0.157. The molecule has 1 unspecified atom stereocenters. The second-order valence-corrected chi connectivity index (χ2v) is 4.44. The van der Waals surface area contributed by atoms with Gasteiger partial charge in [0.15, 0.2) is 12.3 Å². The lowest BCUT2D eigenvalue weighted by atomic mass is 10.0. The highest BCUT2D eigenvalue weighted by atomic mass is 16.7. The van der Waals surface area contributed by atoms with Gasteiger partial charge in [-0.05, 0) is 6.58 Å². The third-order valence-corrected chi connectivity index (χ3v) is 2.81. The Balaban J connectivity index is 2.93. The summed E-state index contributed by atoms with van der Waals surface area (Å²) in [5.41, 5.74) is 1.19. The van der Waals surface area contributed by atoms with Crippen LogP contribution in [0.2, 0.25) is 0 Å². The van der Waals surface area contributed by atoms with Crippen molar-refractivity contribution >= 4 is 6.29 Å². The van der Waals surface area contributed by atoms with Crippen molar-refractivity contribution in [3.05, 3.63) is 48.2 Å². The van der Waals surface area contributed by atoms with Gasteiger partial charge in [0.25, 0.3) is 0 Å². The van der Waals surface area contributed by atoms with Gasteiger partial charge in [0, 0.05) is 12.0 Å². The summed E-state index contributed by atoms with van der Waals surface area (Å²) in [5.74, 6) is 0.157. The minimum Gasteiger partial charge on any atom is -0.312 e. The van der Waals surface area contributed by atoms with Crippen LogP contribution in [0.3, 0.4) is 0 Å². The van der Waals surface area contributed by atoms with Gasteiger partial charge in [-0.3, -0.25) is 4.79 Å². The van der Waals surface area contributed by atoms with Crippen LogP contribution in [-0.4, -0.2) is 25.0 Å². The Morgan fingerprint density at radius 2 is 2.00 bits per heavy atom. The number of carbonyl (C=O) groups is 1. The van der Waals surface area contributed by atoms with Gasteiger partial charge < -0.3 is 4.84 Å². The van der Waals surface area contributed by atoms with E-state index in [0.29, 0.717) is 6.29 Å². The number of allylic oxidation sites excluding steroid dienone is 1. The van der Waals surface area contributed by atoms with Crippen LogP contribution in [0.1, 0.15) is 24.9 Å². The number of aldehydes is 1. The van der Waals surface area contributed by atoms with Gasteiger partial charge in [0.05, 0.1) is 0 Å². The van der Waals surface area contributed by atoms with Gasteiger partial charge in [-0.25, -0.2) is 0 Å². The van der Waals surface area contributed by atoms with Crippen LogP contribution in [-0.2, 0) is 9.63 Å². The molecule has 92 valence electrons. The summed E-state index contributed by atoms with van der Waals surface area (Å²) in [6.07, 6.45) is 1.56. The summed E-state index contributed by atoms with van der Waals surface area (Å²) in [6, 6.07) is 10.3. The highest BCUT2D eigenvalue weighted by Crippen LogP contribution is 2.29. The van der Waals surface area contributed by atoms with Crippen molar-refractivity contribution in [2.75, 3.05) is 14.1 Å². The highest BCUT2D eigenvalue weighted by molar-refractivity contribution is 5.68. The SMILES string of the molecule is C=C(C=O)O[N+](C)(C)C(CC)c1ccccc1. The van der Waals surface area contributed by atoms with E-state index in [9.17, 15) is 4.79 Å². The Morgan fingerprint density at radius 3 is 2.47 bits per heavy atom. The van der Waals surface area contributed by atoms with Gasteiger partial charge in [-0.2, -0.15) is 0 Å². The van der Waals surface area contributed by atoms with E-state index in [0.717, 1.165) is 6.42 Å². The number of carbonyl (C=O) groups excluding carboxylic acids is 1. The molecule has 0 heterocycles. The molecule has 0 radical (unpaired) electrons. The molecule has 0 aromatic heterocycles. The van der Waals surface area contributed by atoms with Crippen LogP contribution in [0, 0.1) is 0 Å². The van der Waals surface area contributed by atoms with Crippen LogP contribution in [0.25, 0.3) is 0 Å². The molecule has 3 heteroatoms. The van der Waals surface area contributed by atoms with E-state index in [4.69, 9.17) is 4.84 Å². The molecule has 0 amide bonds. The van der Waals surface area contributed by atoms with Crippen LogP contribution >= 0.6 is 0 Å². The van der Waals surface area contributed by atoms with Crippen molar-refractivity contribution in [1.82, 2.24) is 0 Å². The molecule has 1 rings (SSSR count). The predicted octanol–water partition coefficient (Wildman–Crippen LogP) is 2.86. The molecule has 0 bridgehead atoms. The molecule has 0 aliphatic rings. The summed E-state index contributed by atoms with van der Waals surface area (Å²) in [6.45, 7) is 5.66. The van der Waals surface area contributed by atoms with Gasteiger partial charge in [-0.15, -0.1) is 4.65 Å². The van der Waals surface area contributed by atoms with Crippen molar-refractivity contribution in [2.24, 2.45) is 0 Å². The van der Waals surface area contributed by atoms with Gasteiger partial charge in [0.1, 0.15) is 14.1 Å². The number of quaternary nitrogens is 1. The quantitative estimate of drug-likeness (QED) is 0.249. The van der Waals surface area contributed by atoms with Crippen molar-refractivity contribution in [3.8, 4) is 0 Å². The average molecular weight is 234 g/mol. The Kier molecular flexibility index (Phi) is 4.46. The molecule has 0 saturated carbocycles. The predicted molar refractivity (Wildman–Crippen MR) is 67.9 cm³/mol. The first-order valence-corrected chi connectivity index (χ1v) is 5.73. The van der Waals surface area contributed by atoms with Crippen LogP contribution < -0.4 is 0 Å². The third kappa shape index (κ3) is 3.43. The van der Waals surface area contributed by atoms with Crippen LogP contribution in [0.15, 0.2) is 42.7 Å². The van der Waals surface area contributed by atoms with Gasteiger partial charge in [-0.1, -0.05) is 37.3 Å². The van der Waals surface area contributed by atoms with Crippen molar-refractivity contribution in [2.45, 2.75) is 19.4 Å². The number of benzene rings is 1. The summed E-state index contributed by atoms with van der Waals surface area (Å²) in [5, 5.41) is 0. The monoisotopic (exact) mass is 234 g/mol. The Labute approximate surface area is 103 Å². The fraction of sp³-hybridized carbons (Fsp3) is 0.357. The molecular formula is C14H20NO2+. The first-order valence-electron chi connectivity index (χ1n) is 5.73. The molecule has 0 fully saturated rings. The van der Waals surface area contributed by atoms with E-state index in [2.05, 4.69) is 25.6 Å². The third-order valence-electron chi connectivity index (χ3n) is 2.81. The maximum atomic E-state index is 10.6. The van der Waals surface area contributed by atoms with E-state index in [1.807, 2.05) is 32.3 Å². The molecule has 0 spiro atoms. The zero-order valence-corrected chi connectivity index (χ0v) is 10.7. The smallest absolute Gasteiger partial charge is 0.222 e. The maximum absolute atomic E-state index is 10.6. The zero-order valence-electron chi connectivity index (χ0n) is 10.7. The Morgan fingerprint density at radius 1 is 1.41 bits per heavy atom. The second kappa shape index (κ2) is 5.64. The fourth-order valence-corrected chi connectivity index (χ4v) is 2.10. The fourth-order valence-electron chi connectivity index (χ4n) is 2.10.